The van der Waals surface area contributed by atoms with Gasteiger partial charge in [-0.15, -0.1) is 0 Å². The summed E-state index contributed by atoms with van der Waals surface area (Å²) < 4.78 is 0. The lowest BCUT2D eigenvalue weighted by Gasteiger charge is -2.50. The van der Waals surface area contributed by atoms with Crippen molar-refractivity contribution < 1.29 is 0 Å². The van der Waals surface area contributed by atoms with Crippen LogP contribution in [0.25, 0.3) is 0 Å². The molecule has 2 rings (SSSR count). The molecule has 2 aliphatic heterocycles. The summed E-state index contributed by atoms with van der Waals surface area (Å²) in [5, 5.41) is 3.46. The average Bonchev–Trinajstić information content (AvgIpc) is 2.30. The van der Waals surface area contributed by atoms with E-state index in [1.165, 1.54) is 26.2 Å². The molecule has 2 unspecified atom stereocenters. The first-order chi connectivity index (χ1) is 5.58. The summed E-state index contributed by atoms with van der Waals surface area (Å²) in [7, 11) is 0. The zero-order chi connectivity index (χ0) is 8.77. The monoisotopic (exact) mass is 168 g/mol. The molecule has 2 heterocycles. The lowest BCUT2D eigenvalue weighted by Crippen LogP contribution is -2.58. The zero-order valence-electron chi connectivity index (χ0n) is 8.43. The van der Waals surface area contributed by atoms with Crippen molar-refractivity contribution in [2.75, 3.05) is 26.2 Å². The molecule has 2 saturated heterocycles. The van der Waals surface area contributed by atoms with Gasteiger partial charge in [-0.2, -0.15) is 0 Å². The summed E-state index contributed by atoms with van der Waals surface area (Å²) in [6.45, 7) is 12.1. The van der Waals surface area contributed by atoms with Gasteiger partial charge in [0.1, 0.15) is 0 Å². The molecule has 70 valence electrons. The minimum atomic E-state index is 0.586. The smallest absolute Gasteiger partial charge is 0.0258 e. The van der Waals surface area contributed by atoms with Gasteiger partial charge in [-0.05, 0) is 17.9 Å². The zero-order valence-corrected chi connectivity index (χ0v) is 8.43. The van der Waals surface area contributed by atoms with Crippen molar-refractivity contribution in [2.45, 2.75) is 26.8 Å². The molecule has 0 amide bonds. The fraction of sp³-hybridized carbons (Fsp3) is 1.00. The van der Waals surface area contributed by atoms with Gasteiger partial charge in [-0.1, -0.05) is 20.8 Å². The Morgan fingerprint density at radius 3 is 2.33 bits per heavy atom. The molecule has 0 aromatic carbocycles. The third-order valence-electron chi connectivity index (χ3n) is 3.21. The Bertz CT molecular complexity index is 169. The summed E-state index contributed by atoms with van der Waals surface area (Å²) in [5.41, 5.74) is 0.586. The molecule has 0 aromatic rings. The number of likely N-dealkylation sites (tertiary alicyclic amines) is 1. The maximum atomic E-state index is 3.46. The van der Waals surface area contributed by atoms with E-state index in [4.69, 9.17) is 0 Å². The second kappa shape index (κ2) is 2.71. The van der Waals surface area contributed by atoms with Gasteiger partial charge in [0.2, 0.25) is 0 Å². The van der Waals surface area contributed by atoms with Gasteiger partial charge in [0.05, 0.1) is 0 Å². The van der Waals surface area contributed by atoms with Crippen LogP contribution < -0.4 is 5.32 Å². The Balaban J connectivity index is 1.87. The van der Waals surface area contributed by atoms with Gasteiger partial charge in [0.25, 0.3) is 0 Å². The average molecular weight is 168 g/mol. The molecule has 2 aliphatic rings. The largest absolute Gasteiger partial charge is 0.315 e. The van der Waals surface area contributed by atoms with Gasteiger partial charge in [-0.3, -0.25) is 4.90 Å². The summed E-state index contributed by atoms with van der Waals surface area (Å²) in [4.78, 5) is 2.63. The number of nitrogens with one attached hydrogen (secondary N) is 1. The summed E-state index contributed by atoms with van der Waals surface area (Å²) in [5.74, 6) is 0.848. The predicted octanol–water partition coefficient (Wildman–Crippen LogP) is 0.936. The number of hydrogen-bond acceptors (Lipinski definition) is 2. The van der Waals surface area contributed by atoms with Crippen molar-refractivity contribution in [3.63, 3.8) is 0 Å². The molecule has 0 aromatic heterocycles. The molecule has 0 aliphatic carbocycles. The van der Waals surface area contributed by atoms with E-state index in [0.717, 1.165) is 12.0 Å². The molecule has 2 nitrogen and oxygen atoms in total. The fourth-order valence-corrected chi connectivity index (χ4v) is 2.57. The van der Waals surface area contributed by atoms with Crippen molar-refractivity contribution in [1.82, 2.24) is 10.2 Å². The first-order valence-electron chi connectivity index (χ1n) is 5.03. The Hall–Kier alpha value is -0.0800. The van der Waals surface area contributed by atoms with Crippen LogP contribution in [-0.2, 0) is 0 Å². The molecule has 2 heteroatoms. The Morgan fingerprint density at radius 2 is 1.92 bits per heavy atom. The molecular formula is C10H20N2. The van der Waals surface area contributed by atoms with E-state index in [1.807, 2.05) is 0 Å². The van der Waals surface area contributed by atoms with Gasteiger partial charge >= 0.3 is 0 Å². The number of nitrogens with zero attached hydrogens (tertiary/aromatic N) is 1. The normalized spacial score (nSPS) is 41.2. The van der Waals surface area contributed by atoms with E-state index < -0.39 is 0 Å². The highest BCUT2D eigenvalue weighted by Gasteiger charge is 2.41. The van der Waals surface area contributed by atoms with Crippen molar-refractivity contribution in [3.05, 3.63) is 0 Å². The first kappa shape index (κ1) is 8.52. The van der Waals surface area contributed by atoms with Crippen LogP contribution in [0.3, 0.4) is 0 Å². The molecule has 0 saturated carbocycles. The third kappa shape index (κ3) is 1.38. The number of hydrogen-bond donors (Lipinski definition) is 1. The second-order valence-corrected chi connectivity index (χ2v) is 5.27. The minimum absolute atomic E-state index is 0.586. The van der Waals surface area contributed by atoms with Gasteiger partial charge in [-0.25, -0.2) is 0 Å². The van der Waals surface area contributed by atoms with Crippen LogP contribution in [0.4, 0.5) is 0 Å². The predicted molar refractivity (Wildman–Crippen MR) is 51.2 cm³/mol. The fourth-order valence-electron chi connectivity index (χ4n) is 2.57. The summed E-state index contributed by atoms with van der Waals surface area (Å²) >= 11 is 0. The van der Waals surface area contributed by atoms with Crippen LogP contribution in [-0.4, -0.2) is 37.1 Å². The first-order valence-corrected chi connectivity index (χ1v) is 5.03. The summed E-state index contributed by atoms with van der Waals surface area (Å²) in [6.07, 6.45) is 0. The van der Waals surface area contributed by atoms with E-state index in [-0.39, 0.29) is 0 Å². The number of rotatable bonds is 1. The van der Waals surface area contributed by atoms with Crippen LogP contribution in [0, 0.1) is 11.3 Å². The van der Waals surface area contributed by atoms with Gasteiger partial charge in [0, 0.05) is 25.7 Å². The second-order valence-electron chi connectivity index (χ2n) is 5.27. The van der Waals surface area contributed by atoms with Crippen LogP contribution in [0.5, 0.6) is 0 Å². The topological polar surface area (TPSA) is 15.3 Å². The molecule has 1 N–H and O–H groups in total. The lowest BCUT2D eigenvalue weighted by atomic mass is 9.82. The SMILES string of the molecule is CC1CNCC1N1CC(C)(C)C1. The highest BCUT2D eigenvalue weighted by atomic mass is 15.3. The van der Waals surface area contributed by atoms with Crippen molar-refractivity contribution in [3.8, 4) is 0 Å². The highest BCUT2D eigenvalue weighted by Crippen LogP contribution is 2.33. The van der Waals surface area contributed by atoms with E-state index in [9.17, 15) is 0 Å². The quantitative estimate of drug-likeness (QED) is 0.627. The standard InChI is InChI=1S/C10H20N2/c1-8-4-11-5-9(8)12-6-10(2,3)7-12/h8-9,11H,4-7H2,1-3H3. The lowest BCUT2D eigenvalue weighted by molar-refractivity contribution is -0.0110. The molecule has 0 spiro atoms. The Labute approximate surface area is 75.3 Å². The van der Waals surface area contributed by atoms with Gasteiger partial charge in [0.15, 0.2) is 0 Å². The van der Waals surface area contributed by atoms with Crippen molar-refractivity contribution in [2.24, 2.45) is 11.3 Å². The van der Waals surface area contributed by atoms with E-state index in [2.05, 4.69) is 31.0 Å². The van der Waals surface area contributed by atoms with Crippen LogP contribution in [0.1, 0.15) is 20.8 Å². The maximum absolute atomic E-state index is 3.46. The van der Waals surface area contributed by atoms with Gasteiger partial charge < -0.3 is 5.32 Å². The van der Waals surface area contributed by atoms with E-state index >= 15 is 0 Å². The van der Waals surface area contributed by atoms with Crippen LogP contribution >= 0.6 is 0 Å². The third-order valence-corrected chi connectivity index (χ3v) is 3.21. The highest BCUT2D eigenvalue weighted by molar-refractivity contribution is 4.96. The minimum Gasteiger partial charge on any atom is -0.315 e. The van der Waals surface area contributed by atoms with Crippen molar-refractivity contribution in [1.29, 1.82) is 0 Å². The molecular weight excluding hydrogens is 148 g/mol. The van der Waals surface area contributed by atoms with E-state index in [0.29, 0.717) is 5.41 Å². The van der Waals surface area contributed by atoms with Crippen molar-refractivity contribution >= 4 is 0 Å². The Morgan fingerprint density at radius 1 is 1.25 bits per heavy atom. The van der Waals surface area contributed by atoms with Crippen LogP contribution in [0.2, 0.25) is 0 Å². The maximum Gasteiger partial charge on any atom is 0.0258 e. The molecule has 0 bridgehead atoms. The summed E-state index contributed by atoms with van der Waals surface area (Å²) in [6, 6.07) is 0.818. The molecule has 2 atom stereocenters. The van der Waals surface area contributed by atoms with E-state index in [1.54, 1.807) is 0 Å². The molecule has 0 radical (unpaired) electrons. The molecule has 12 heavy (non-hydrogen) atoms. The molecule has 2 fully saturated rings. The Kier molecular flexibility index (Phi) is 1.92. The van der Waals surface area contributed by atoms with Crippen LogP contribution in [0.15, 0.2) is 0 Å².